The highest BCUT2D eigenvalue weighted by atomic mass is 35.5. The van der Waals surface area contributed by atoms with Crippen molar-refractivity contribution in [2.45, 2.75) is 38.8 Å². The van der Waals surface area contributed by atoms with Gasteiger partial charge in [-0.3, -0.25) is 0 Å². The van der Waals surface area contributed by atoms with Crippen LogP contribution in [0.3, 0.4) is 0 Å². The molecule has 0 saturated carbocycles. The van der Waals surface area contributed by atoms with Crippen LogP contribution in [-0.4, -0.2) is 0 Å². The van der Waals surface area contributed by atoms with E-state index in [4.69, 9.17) is 11.6 Å². The summed E-state index contributed by atoms with van der Waals surface area (Å²) in [5.41, 5.74) is 1.75. The van der Waals surface area contributed by atoms with E-state index in [9.17, 15) is 13.2 Å². The van der Waals surface area contributed by atoms with Crippen molar-refractivity contribution in [1.29, 1.82) is 0 Å². The number of halogens is 4. The lowest BCUT2D eigenvalue weighted by Gasteiger charge is -2.19. The smallest absolute Gasteiger partial charge is 0.166 e. The van der Waals surface area contributed by atoms with E-state index in [1.165, 1.54) is 12.1 Å². The molecule has 0 nitrogen and oxygen atoms in total. The van der Waals surface area contributed by atoms with Gasteiger partial charge in [0.2, 0.25) is 0 Å². The standard InChI is InChI=1S/C18H18ClF3/c1-3-12(4-2)16-9-8-15(19)11-17(16)13-6-5-7-14(10-13)18(20,21)22/h5-12H,3-4H2,1-2H3. The van der Waals surface area contributed by atoms with Crippen LogP contribution >= 0.6 is 11.6 Å². The summed E-state index contributed by atoms with van der Waals surface area (Å²) in [6.07, 6.45) is -2.47. The fraction of sp³-hybridized carbons (Fsp3) is 0.333. The minimum Gasteiger partial charge on any atom is -0.166 e. The van der Waals surface area contributed by atoms with E-state index in [1.54, 1.807) is 18.2 Å². The monoisotopic (exact) mass is 326 g/mol. The predicted molar refractivity (Wildman–Crippen MR) is 85.2 cm³/mol. The third kappa shape index (κ3) is 3.64. The van der Waals surface area contributed by atoms with E-state index >= 15 is 0 Å². The first-order valence-electron chi connectivity index (χ1n) is 7.33. The summed E-state index contributed by atoms with van der Waals surface area (Å²) < 4.78 is 38.8. The number of benzene rings is 2. The van der Waals surface area contributed by atoms with Gasteiger partial charge in [0.1, 0.15) is 0 Å². The Morgan fingerprint density at radius 3 is 2.27 bits per heavy atom. The molecule has 0 aliphatic rings. The molecular formula is C18H18ClF3. The number of hydrogen-bond acceptors (Lipinski definition) is 0. The zero-order chi connectivity index (χ0) is 16.3. The summed E-state index contributed by atoms with van der Waals surface area (Å²) in [5.74, 6) is 0.307. The lowest BCUT2D eigenvalue weighted by molar-refractivity contribution is -0.137. The van der Waals surface area contributed by atoms with E-state index in [-0.39, 0.29) is 0 Å². The molecule has 4 heteroatoms. The Balaban J connectivity index is 2.59. The summed E-state index contributed by atoms with van der Waals surface area (Å²) in [4.78, 5) is 0. The highest BCUT2D eigenvalue weighted by molar-refractivity contribution is 6.30. The first-order valence-corrected chi connectivity index (χ1v) is 7.71. The van der Waals surface area contributed by atoms with E-state index in [0.717, 1.165) is 30.0 Å². The van der Waals surface area contributed by atoms with Crippen LogP contribution in [-0.2, 0) is 6.18 Å². The summed E-state index contributed by atoms with van der Waals surface area (Å²) in [6, 6.07) is 10.9. The molecule has 0 unspecified atom stereocenters. The van der Waals surface area contributed by atoms with Crippen molar-refractivity contribution in [2.75, 3.05) is 0 Å². The van der Waals surface area contributed by atoms with Crippen LogP contribution in [0.1, 0.15) is 43.7 Å². The molecule has 2 rings (SSSR count). The molecule has 0 aliphatic heterocycles. The molecule has 2 aromatic carbocycles. The third-order valence-corrected chi connectivity index (χ3v) is 4.18. The van der Waals surface area contributed by atoms with Crippen LogP contribution in [0.2, 0.25) is 5.02 Å². The Morgan fingerprint density at radius 2 is 1.68 bits per heavy atom. The van der Waals surface area contributed by atoms with Crippen molar-refractivity contribution < 1.29 is 13.2 Å². The maximum Gasteiger partial charge on any atom is 0.416 e. The van der Waals surface area contributed by atoms with Gasteiger partial charge in [-0.05, 0) is 59.7 Å². The lowest BCUT2D eigenvalue weighted by Crippen LogP contribution is -2.05. The SMILES string of the molecule is CCC(CC)c1ccc(Cl)cc1-c1cccc(C(F)(F)F)c1. The second kappa shape index (κ2) is 6.74. The second-order valence-corrected chi connectivity index (χ2v) is 5.76. The van der Waals surface area contributed by atoms with Gasteiger partial charge >= 0.3 is 6.18 Å². The summed E-state index contributed by atoms with van der Waals surface area (Å²) in [5, 5.41) is 0.530. The molecule has 0 amide bonds. The maximum atomic E-state index is 12.9. The molecule has 0 spiro atoms. The van der Waals surface area contributed by atoms with Crippen LogP contribution in [0.4, 0.5) is 13.2 Å². The minimum atomic E-state index is -4.34. The zero-order valence-corrected chi connectivity index (χ0v) is 13.3. The maximum absolute atomic E-state index is 12.9. The first kappa shape index (κ1) is 16.9. The summed E-state index contributed by atoms with van der Waals surface area (Å²) in [6.45, 7) is 4.16. The molecular weight excluding hydrogens is 309 g/mol. The van der Waals surface area contributed by atoms with E-state index in [1.807, 2.05) is 6.07 Å². The van der Waals surface area contributed by atoms with Crippen molar-refractivity contribution in [3.8, 4) is 11.1 Å². The fourth-order valence-electron chi connectivity index (χ4n) is 2.73. The first-order chi connectivity index (χ1) is 10.4. The summed E-state index contributed by atoms with van der Waals surface area (Å²) in [7, 11) is 0. The highest BCUT2D eigenvalue weighted by Gasteiger charge is 2.30. The van der Waals surface area contributed by atoms with Crippen molar-refractivity contribution in [2.24, 2.45) is 0 Å². The van der Waals surface area contributed by atoms with E-state index < -0.39 is 11.7 Å². The van der Waals surface area contributed by atoms with Gasteiger partial charge in [0, 0.05) is 5.02 Å². The van der Waals surface area contributed by atoms with Gasteiger partial charge in [-0.2, -0.15) is 13.2 Å². The van der Waals surface area contributed by atoms with Crippen molar-refractivity contribution in [3.05, 3.63) is 58.6 Å². The Labute approximate surface area is 133 Å². The topological polar surface area (TPSA) is 0 Å². The highest BCUT2D eigenvalue weighted by Crippen LogP contribution is 2.37. The molecule has 0 heterocycles. The van der Waals surface area contributed by atoms with E-state index in [2.05, 4.69) is 13.8 Å². The Hall–Kier alpha value is -1.48. The molecule has 0 saturated heterocycles. The normalized spacial score (nSPS) is 12.0. The van der Waals surface area contributed by atoms with Gasteiger partial charge in [0.25, 0.3) is 0 Å². The van der Waals surface area contributed by atoms with Crippen molar-refractivity contribution >= 4 is 11.6 Å². The zero-order valence-electron chi connectivity index (χ0n) is 12.5. The lowest BCUT2D eigenvalue weighted by atomic mass is 9.87. The van der Waals surface area contributed by atoms with Gasteiger partial charge in [-0.15, -0.1) is 0 Å². The predicted octanol–water partition coefficient (Wildman–Crippen LogP) is 6.93. The third-order valence-electron chi connectivity index (χ3n) is 3.94. The van der Waals surface area contributed by atoms with Gasteiger partial charge in [0.05, 0.1) is 5.56 Å². The summed E-state index contributed by atoms with van der Waals surface area (Å²) >= 11 is 6.07. The van der Waals surface area contributed by atoms with E-state index in [0.29, 0.717) is 16.5 Å². The molecule has 22 heavy (non-hydrogen) atoms. The van der Waals surface area contributed by atoms with Crippen molar-refractivity contribution in [3.63, 3.8) is 0 Å². The van der Waals surface area contributed by atoms with Gasteiger partial charge < -0.3 is 0 Å². The second-order valence-electron chi connectivity index (χ2n) is 5.32. The van der Waals surface area contributed by atoms with Crippen LogP contribution in [0.15, 0.2) is 42.5 Å². The van der Waals surface area contributed by atoms with Gasteiger partial charge in [-0.25, -0.2) is 0 Å². The Bertz CT molecular complexity index is 643. The molecule has 0 radical (unpaired) electrons. The molecule has 2 aromatic rings. The van der Waals surface area contributed by atoms with Crippen LogP contribution in [0, 0.1) is 0 Å². The number of alkyl halides is 3. The average molecular weight is 327 g/mol. The molecule has 0 bridgehead atoms. The number of hydrogen-bond donors (Lipinski definition) is 0. The molecule has 0 aliphatic carbocycles. The molecule has 0 aromatic heterocycles. The minimum absolute atomic E-state index is 0.307. The Morgan fingerprint density at radius 1 is 1.00 bits per heavy atom. The molecule has 0 fully saturated rings. The molecule has 0 atom stereocenters. The Kier molecular flexibility index (Phi) is 5.17. The van der Waals surface area contributed by atoms with Crippen LogP contribution in [0.5, 0.6) is 0 Å². The quantitative estimate of drug-likeness (QED) is 0.571. The molecule has 118 valence electrons. The van der Waals surface area contributed by atoms with Crippen molar-refractivity contribution in [1.82, 2.24) is 0 Å². The number of rotatable bonds is 4. The molecule has 0 N–H and O–H groups in total. The van der Waals surface area contributed by atoms with Gasteiger partial charge in [-0.1, -0.05) is 43.6 Å². The van der Waals surface area contributed by atoms with Crippen LogP contribution in [0.25, 0.3) is 11.1 Å². The average Bonchev–Trinajstić information content (AvgIpc) is 2.49. The van der Waals surface area contributed by atoms with Crippen LogP contribution < -0.4 is 0 Å². The fourth-order valence-corrected chi connectivity index (χ4v) is 2.90. The van der Waals surface area contributed by atoms with Gasteiger partial charge in [0.15, 0.2) is 0 Å². The largest absolute Gasteiger partial charge is 0.416 e.